The number of halogens is 2. The van der Waals surface area contributed by atoms with Crippen LogP contribution in [-0.2, 0) is 0 Å². The zero-order chi connectivity index (χ0) is 23.4. The van der Waals surface area contributed by atoms with Gasteiger partial charge in [0.2, 0.25) is 0 Å². The number of hydrogen-bond donors (Lipinski definition) is 2. The Morgan fingerprint density at radius 1 is 0.469 bits per heavy atom. The summed E-state index contributed by atoms with van der Waals surface area (Å²) in [5.74, 6) is -2.12. The SMILES string of the molecule is O=C(Cl)c1ccc(C(=O)Cl)c2ccccc12.O=C(O)c1ccc(C(=O)O)c2ccccc12. The predicted octanol–water partition coefficient (Wildman–Crippen LogP) is 5.83. The highest BCUT2D eigenvalue weighted by Gasteiger charge is 2.14. The number of rotatable bonds is 4. The van der Waals surface area contributed by atoms with Crippen molar-refractivity contribution >= 4 is 67.2 Å². The quantitative estimate of drug-likeness (QED) is 0.364. The molecule has 0 atom stereocenters. The Kier molecular flexibility index (Phi) is 6.88. The first kappa shape index (κ1) is 22.9. The monoisotopic (exact) mass is 468 g/mol. The zero-order valence-corrected chi connectivity index (χ0v) is 17.7. The number of carboxylic acids is 2. The first-order chi connectivity index (χ1) is 15.2. The van der Waals surface area contributed by atoms with Crippen molar-refractivity contribution in [1.82, 2.24) is 0 Å². The summed E-state index contributed by atoms with van der Waals surface area (Å²) >= 11 is 10.9. The van der Waals surface area contributed by atoms with Crippen LogP contribution in [0.5, 0.6) is 0 Å². The van der Waals surface area contributed by atoms with Crippen LogP contribution in [-0.4, -0.2) is 32.6 Å². The van der Waals surface area contributed by atoms with E-state index in [1.165, 1.54) is 24.3 Å². The van der Waals surface area contributed by atoms with E-state index in [4.69, 9.17) is 33.4 Å². The summed E-state index contributed by atoms with van der Waals surface area (Å²) in [4.78, 5) is 44.3. The molecular weight excluding hydrogens is 455 g/mol. The molecule has 4 aromatic rings. The summed E-state index contributed by atoms with van der Waals surface area (Å²) in [6.45, 7) is 0. The smallest absolute Gasteiger partial charge is 0.336 e. The van der Waals surface area contributed by atoms with Crippen LogP contribution < -0.4 is 0 Å². The number of carbonyl (C=O) groups excluding carboxylic acids is 2. The largest absolute Gasteiger partial charge is 0.478 e. The van der Waals surface area contributed by atoms with Gasteiger partial charge in [-0.1, -0.05) is 48.5 Å². The Bertz CT molecular complexity index is 1180. The molecule has 0 aliphatic carbocycles. The average molecular weight is 469 g/mol. The molecule has 0 aliphatic heterocycles. The van der Waals surface area contributed by atoms with E-state index in [9.17, 15) is 19.2 Å². The molecule has 0 aliphatic rings. The number of carboxylic acid groups (broad SMARTS) is 2. The standard InChI is InChI=1S/C12H6Cl2O2.C12H8O4/c13-11(15)9-5-6-10(12(14)16)8-4-2-1-3-7(8)9;13-11(14)9-5-6-10(12(15)16)8-4-2-1-3-7(8)9/h1-6H;1-6H,(H,13,14)(H,15,16). The second-order valence-electron chi connectivity index (χ2n) is 6.57. The van der Waals surface area contributed by atoms with Crippen LogP contribution in [0.1, 0.15) is 41.4 Å². The third-order valence-corrected chi connectivity index (χ3v) is 5.14. The second-order valence-corrected chi connectivity index (χ2v) is 7.26. The van der Waals surface area contributed by atoms with E-state index in [2.05, 4.69) is 0 Å². The lowest BCUT2D eigenvalue weighted by Crippen LogP contribution is -2.02. The Morgan fingerprint density at radius 2 is 0.719 bits per heavy atom. The van der Waals surface area contributed by atoms with Crippen molar-refractivity contribution in [2.75, 3.05) is 0 Å². The molecular formula is C24H14Cl2O6. The van der Waals surface area contributed by atoms with Gasteiger partial charge >= 0.3 is 11.9 Å². The molecule has 160 valence electrons. The van der Waals surface area contributed by atoms with Gasteiger partial charge in [0.15, 0.2) is 0 Å². The maximum atomic E-state index is 11.2. The Balaban J connectivity index is 0.000000181. The van der Waals surface area contributed by atoms with Crippen LogP contribution in [0.4, 0.5) is 0 Å². The maximum Gasteiger partial charge on any atom is 0.336 e. The van der Waals surface area contributed by atoms with Crippen molar-refractivity contribution in [3.05, 3.63) is 95.1 Å². The third kappa shape index (κ3) is 4.61. The fourth-order valence-electron chi connectivity index (χ4n) is 3.31. The number of fused-ring (bicyclic) bond motifs is 2. The van der Waals surface area contributed by atoms with Gasteiger partial charge in [-0.25, -0.2) is 9.59 Å². The second kappa shape index (κ2) is 9.60. The summed E-state index contributed by atoms with van der Waals surface area (Å²) in [7, 11) is 0. The Morgan fingerprint density at radius 3 is 0.969 bits per heavy atom. The summed E-state index contributed by atoms with van der Waals surface area (Å²) in [5, 5.41) is 19.0. The van der Waals surface area contributed by atoms with Gasteiger partial charge in [-0.15, -0.1) is 0 Å². The van der Waals surface area contributed by atoms with Crippen molar-refractivity contribution < 1.29 is 29.4 Å². The van der Waals surface area contributed by atoms with E-state index in [-0.39, 0.29) is 11.1 Å². The van der Waals surface area contributed by atoms with E-state index in [0.29, 0.717) is 32.7 Å². The first-order valence-electron chi connectivity index (χ1n) is 9.12. The van der Waals surface area contributed by atoms with Crippen LogP contribution in [0.25, 0.3) is 21.5 Å². The highest BCUT2D eigenvalue weighted by Crippen LogP contribution is 2.25. The van der Waals surface area contributed by atoms with Crippen LogP contribution in [0.2, 0.25) is 0 Å². The molecule has 0 heterocycles. The molecule has 0 saturated heterocycles. The lowest BCUT2D eigenvalue weighted by molar-refractivity contribution is 0.0684. The van der Waals surface area contributed by atoms with Gasteiger partial charge in [-0.05, 0) is 69.0 Å². The zero-order valence-electron chi connectivity index (χ0n) is 16.2. The minimum atomic E-state index is -1.06. The van der Waals surface area contributed by atoms with Crippen LogP contribution in [0, 0.1) is 0 Å². The molecule has 0 radical (unpaired) electrons. The van der Waals surface area contributed by atoms with Crippen molar-refractivity contribution in [2.45, 2.75) is 0 Å². The van der Waals surface area contributed by atoms with Gasteiger partial charge in [0.25, 0.3) is 10.5 Å². The number of hydrogen-bond acceptors (Lipinski definition) is 4. The molecule has 32 heavy (non-hydrogen) atoms. The van der Waals surface area contributed by atoms with Gasteiger partial charge in [0.1, 0.15) is 0 Å². The van der Waals surface area contributed by atoms with Gasteiger partial charge in [-0.2, -0.15) is 0 Å². The minimum Gasteiger partial charge on any atom is -0.478 e. The van der Waals surface area contributed by atoms with E-state index in [0.717, 1.165) is 0 Å². The van der Waals surface area contributed by atoms with Crippen molar-refractivity contribution in [2.24, 2.45) is 0 Å². The van der Waals surface area contributed by atoms with Gasteiger partial charge < -0.3 is 10.2 Å². The Labute approximate surface area is 191 Å². The molecule has 0 amide bonds. The summed E-state index contributed by atoms with van der Waals surface area (Å²) in [5.41, 5.74) is 0.971. The maximum absolute atomic E-state index is 11.2. The molecule has 8 heteroatoms. The van der Waals surface area contributed by atoms with Crippen molar-refractivity contribution in [3.63, 3.8) is 0 Å². The highest BCUT2D eigenvalue weighted by atomic mass is 35.5. The lowest BCUT2D eigenvalue weighted by atomic mass is 10.00. The van der Waals surface area contributed by atoms with Gasteiger partial charge in [-0.3, -0.25) is 9.59 Å². The van der Waals surface area contributed by atoms with E-state index >= 15 is 0 Å². The van der Waals surface area contributed by atoms with Crippen LogP contribution >= 0.6 is 23.2 Å². The lowest BCUT2D eigenvalue weighted by Gasteiger charge is -2.05. The molecule has 0 fully saturated rings. The topological polar surface area (TPSA) is 109 Å². The summed E-state index contributed by atoms with van der Waals surface area (Å²) in [6, 6.07) is 19.2. The van der Waals surface area contributed by atoms with Crippen molar-refractivity contribution in [3.8, 4) is 0 Å². The molecule has 2 N–H and O–H groups in total. The molecule has 0 spiro atoms. The fraction of sp³-hybridized carbons (Fsp3) is 0. The first-order valence-corrected chi connectivity index (χ1v) is 9.87. The summed E-state index contributed by atoms with van der Waals surface area (Å²) < 4.78 is 0. The van der Waals surface area contributed by atoms with E-state index < -0.39 is 22.4 Å². The molecule has 0 unspecified atom stereocenters. The molecule has 4 rings (SSSR count). The van der Waals surface area contributed by atoms with E-state index in [1.54, 1.807) is 48.5 Å². The molecule has 0 saturated carbocycles. The molecule has 4 aromatic carbocycles. The van der Waals surface area contributed by atoms with Gasteiger partial charge in [0.05, 0.1) is 11.1 Å². The molecule has 6 nitrogen and oxygen atoms in total. The average Bonchev–Trinajstić information content (AvgIpc) is 2.77. The number of aromatic carboxylic acids is 2. The summed E-state index contributed by atoms with van der Waals surface area (Å²) in [6.07, 6.45) is 0. The Hall–Kier alpha value is -3.74. The normalized spacial score (nSPS) is 10.3. The number of carbonyl (C=O) groups is 4. The van der Waals surface area contributed by atoms with Crippen LogP contribution in [0.15, 0.2) is 72.8 Å². The fourth-order valence-corrected chi connectivity index (χ4v) is 3.64. The predicted molar refractivity (Wildman–Crippen MR) is 122 cm³/mol. The van der Waals surface area contributed by atoms with Crippen LogP contribution in [0.3, 0.4) is 0 Å². The van der Waals surface area contributed by atoms with Gasteiger partial charge in [0, 0.05) is 11.1 Å². The van der Waals surface area contributed by atoms with E-state index in [1.807, 2.05) is 0 Å². The molecule has 0 aromatic heterocycles. The molecule has 0 bridgehead atoms. The van der Waals surface area contributed by atoms with Crippen molar-refractivity contribution in [1.29, 1.82) is 0 Å². The number of benzene rings is 4. The highest BCUT2D eigenvalue weighted by molar-refractivity contribution is 6.70. The minimum absolute atomic E-state index is 0.112. The third-order valence-electron chi connectivity index (χ3n) is 4.73.